The molecule has 0 fully saturated rings. The minimum atomic E-state index is -0.400. The summed E-state index contributed by atoms with van der Waals surface area (Å²) in [6, 6.07) is 5.12. The molecule has 0 saturated heterocycles. The second-order valence-electron chi connectivity index (χ2n) is 3.34. The summed E-state index contributed by atoms with van der Waals surface area (Å²) in [5.41, 5.74) is 0.543. The van der Waals surface area contributed by atoms with Gasteiger partial charge in [-0.15, -0.1) is 0 Å². The molecule has 1 aromatic heterocycles. The quantitative estimate of drug-likeness (QED) is 0.660. The molecule has 18 heavy (non-hydrogen) atoms. The summed E-state index contributed by atoms with van der Waals surface area (Å²) >= 11 is 1.13. The Balaban J connectivity index is 2.39. The fourth-order valence-corrected chi connectivity index (χ4v) is 2.31. The number of hydrogen-bond donors (Lipinski definition) is 1. The van der Waals surface area contributed by atoms with Gasteiger partial charge in [0, 0.05) is 6.54 Å². The van der Waals surface area contributed by atoms with Crippen molar-refractivity contribution >= 4 is 23.1 Å². The molecule has 0 aliphatic carbocycles. The van der Waals surface area contributed by atoms with Gasteiger partial charge in [-0.25, -0.2) is 4.98 Å². The van der Waals surface area contributed by atoms with Gasteiger partial charge in [-0.3, -0.25) is 10.1 Å². The second kappa shape index (κ2) is 5.54. The van der Waals surface area contributed by atoms with Gasteiger partial charge in [-0.05, 0) is 30.8 Å². The molecule has 1 heterocycles. The van der Waals surface area contributed by atoms with E-state index in [4.69, 9.17) is 4.42 Å². The Morgan fingerprint density at radius 2 is 2.39 bits per heavy atom. The van der Waals surface area contributed by atoms with Crippen molar-refractivity contribution in [3.63, 3.8) is 0 Å². The highest BCUT2D eigenvalue weighted by atomic mass is 32.2. The van der Waals surface area contributed by atoms with Crippen molar-refractivity contribution in [3.8, 4) is 0 Å². The monoisotopic (exact) mass is 265 g/mol. The summed E-state index contributed by atoms with van der Waals surface area (Å²) in [5, 5.41) is 14.5. The summed E-state index contributed by atoms with van der Waals surface area (Å²) in [6.07, 6.45) is 2.94. The zero-order valence-corrected chi connectivity index (χ0v) is 10.4. The van der Waals surface area contributed by atoms with Crippen LogP contribution in [-0.4, -0.2) is 16.5 Å². The van der Waals surface area contributed by atoms with E-state index < -0.39 is 4.92 Å². The Kier molecular flexibility index (Phi) is 3.83. The highest BCUT2D eigenvalue weighted by Gasteiger charge is 2.21. The first-order valence-corrected chi connectivity index (χ1v) is 6.12. The van der Waals surface area contributed by atoms with E-state index in [1.807, 2.05) is 6.92 Å². The van der Waals surface area contributed by atoms with Crippen molar-refractivity contribution in [1.29, 1.82) is 0 Å². The number of hydrogen-bond acceptors (Lipinski definition) is 6. The standard InChI is InChI=1S/C11H11N3O3S/c1-2-12-8-4-3-5-9(10(8)14(15)16)18-11-13-6-7-17-11/h3-7,12H,2H2,1H3. The van der Waals surface area contributed by atoms with Crippen molar-refractivity contribution in [2.24, 2.45) is 0 Å². The topological polar surface area (TPSA) is 81.2 Å². The number of benzene rings is 1. The van der Waals surface area contributed by atoms with Gasteiger partial charge in [0.1, 0.15) is 12.0 Å². The van der Waals surface area contributed by atoms with Crippen LogP contribution >= 0.6 is 11.8 Å². The molecular formula is C11H11N3O3S. The minimum absolute atomic E-state index is 0.0440. The van der Waals surface area contributed by atoms with E-state index in [-0.39, 0.29) is 5.69 Å². The Hall–Kier alpha value is -2.02. The van der Waals surface area contributed by atoms with Crippen LogP contribution in [0.5, 0.6) is 0 Å². The number of oxazole rings is 1. The molecule has 0 atom stereocenters. The third-order valence-electron chi connectivity index (χ3n) is 2.16. The van der Waals surface area contributed by atoms with Gasteiger partial charge < -0.3 is 9.73 Å². The molecule has 1 N–H and O–H groups in total. The molecular weight excluding hydrogens is 254 g/mol. The van der Waals surface area contributed by atoms with E-state index >= 15 is 0 Å². The lowest BCUT2D eigenvalue weighted by molar-refractivity contribution is -0.386. The highest BCUT2D eigenvalue weighted by molar-refractivity contribution is 7.99. The third-order valence-corrected chi connectivity index (χ3v) is 3.08. The van der Waals surface area contributed by atoms with Crippen LogP contribution in [0.4, 0.5) is 11.4 Å². The average Bonchev–Trinajstić information content (AvgIpc) is 2.82. The number of nitro groups is 1. The lowest BCUT2D eigenvalue weighted by atomic mass is 10.2. The Bertz CT molecular complexity index is 542. The molecule has 2 rings (SSSR count). The number of nitrogens with one attached hydrogen (secondary N) is 1. The molecule has 6 nitrogen and oxygen atoms in total. The maximum Gasteiger partial charge on any atom is 0.306 e. The number of para-hydroxylation sites is 1. The van der Waals surface area contributed by atoms with E-state index in [1.54, 1.807) is 18.2 Å². The lowest BCUT2D eigenvalue weighted by Gasteiger charge is -2.07. The molecule has 0 amide bonds. The first-order chi connectivity index (χ1) is 8.72. The zero-order chi connectivity index (χ0) is 13.0. The van der Waals surface area contributed by atoms with Crippen LogP contribution in [0, 0.1) is 10.1 Å². The van der Waals surface area contributed by atoms with Crippen molar-refractivity contribution in [1.82, 2.24) is 4.98 Å². The lowest BCUT2D eigenvalue weighted by Crippen LogP contribution is -2.02. The van der Waals surface area contributed by atoms with Gasteiger partial charge in [0.25, 0.3) is 5.22 Å². The summed E-state index contributed by atoms with van der Waals surface area (Å²) in [4.78, 5) is 15.2. The fraction of sp³-hybridized carbons (Fsp3) is 0.182. The van der Waals surface area contributed by atoms with E-state index in [9.17, 15) is 10.1 Å². The van der Waals surface area contributed by atoms with Crippen LogP contribution in [0.3, 0.4) is 0 Å². The maximum atomic E-state index is 11.1. The molecule has 0 unspecified atom stereocenters. The van der Waals surface area contributed by atoms with E-state index in [0.29, 0.717) is 22.4 Å². The number of nitro benzene ring substituents is 1. The minimum Gasteiger partial charge on any atom is -0.440 e. The van der Waals surface area contributed by atoms with Gasteiger partial charge in [0.05, 0.1) is 16.0 Å². The molecule has 0 aliphatic heterocycles. The molecule has 7 heteroatoms. The van der Waals surface area contributed by atoms with E-state index in [0.717, 1.165) is 11.8 Å². The van der Waals surface area contributed by atoms with Crippen molar-refractivity contribution in [3.05, 3.63) is 40.8 Å². The number of anilines is 1. The van der Waals surface area contributed by atoms with Crippen LogP contribution in [-0.2, 0) is 0 Å². The zero-order valence-electron chi connectivity index (χ0n) is 9.62. The summed E-state index contributed by atoms with van der Waals surface area (Å²) in [5.74, 6) is 0. The first-order valence-electron chi connectivity index (χ1n) is 5.31. The van der Waals surface area contributed by atoms with Crippen LogP contribution in [0.2, 0.25) is 0 Å². The molecule has 1 aromatic carbocycles. The van der Waals surface area contributed by atoms with Crippen LogP contribution in [0.15, 0.2) is 45.2 Å². The average molecular weight is 265 g/mol. The number of aromatic nitrogens is 1. The van der Waals surface area contributed by atoms with Crippen molar-refractivity contribution in [2.45, 2.75) is 17.0 Å². The smallest absolute Gasteiger partial charge is 0.306 e. The second-order valence-corrected chi connectivity index (χ2v) is 4.33. The highest BCUT2D eigenvalue weighted by Crippen LogP contribution is 2.38. The molecule has 2 aromatic rings. The van der Waals surface area contributed by atoms with Gasteiger partial charge in [0.2, 0.25) is 0 Å². The molecule has 0 aliphatic rings. The van der Waals surface area contributed by atoms with E-state index in [1.165, 1.54) is 12.5 Å². The van der Waals surface area contributed by atoms with Crippen LogP contribution in [0.1, 0.15) is 6.92 Å². The van der Waals surface area contributed by atoms with Crippen molar-refractivity contribution in [2.75, 3.05) is 11.9 Å². The predicted molar refractivity (Wildman–Crippen MR) is 67.9 cm³/mol. The summed E-state index contributed by atoms with van der Waals surface area (Å²) < 4.78 is 5.08. The molecule has 0 saturated carbocycles. The Morgan fingerprint density at radius 3 is 3.00 bits per heavy atom. The first kappa shape index (κ1) is 12.4. The summed E-state index contributed by atoms with van der Waals surface area (Å²) in [7, 11) is 0. The summed E-state index contributed by atoms with van der Waals surface area (Å²) in [6.45, 7) is 2.51. The van der Waals surface area contributed by atoms with Crippen LogP contribution in [0.25, 0.3) is 0 Å². The van der Waals surface area contributed by atoms with Gasteiger partial charge >= 0.3 is 5.69 Å². The molecule has 94 valence electrons. The Labute approximate surface area is 108 Å². The van der Waals surface area contributed by atoms with Crippen LogP contribution < -0.4 is 5.32 Å². The number of nitrogens with zero attached hydrogens (tertiary/aromatic N) is 2. The molecule has 0 radical (unpaired) electrons. The Morgan fingerprint density at radius 1 is 1.56 bits per heavy atom. The van der Waals surface area contributed by atoms with Gasteiger partial charge in [-0.2, -0.15) is 0 Å². The SMILES string of the molecule is CCNc1cccc(Sc2ncco2)c1[N+](=O)[O-]. The van der Waals surface area contributed by atoms with Gasteiger partial charge in [-0.1, -0.05) is 6.07 Å². The van der Waals surface area contributed by atoms with E-state index in [2.05, 4.69) is 10.3 Å². The maximum absolute atomic E-state index is 11.1. The largest absolute Gasteiger partial charge is 0.440 e. The molecule has 0 bridgehead atoms. The predicted octanol–water partition coefficient (Wildman–Crippen LogP) is 3.17. The normalized spacial score (nSPS) is 10.3. The molecule has 0 spiro atoms. The fourth-order valence-electron chi connectivity index (χ4n) is 1.48. The number of rotatable bonds is 5. The van der Waals surface area contributed by atoms with Crippen molar-refractivity contribution < 1.29 is 9.34 Å². The van der Waals surface area contributed by atoms with Gasteiger partial charge in [0.15, 0.2) is 0 Å². The third kappa shape index (κ3) is 2.62.